The zero-order chi connectivity index (χ0) is 15.5. The van der Waals surface area contributed by atoms with Gasteiger partial charge in [0.05, 0.1) is 12.2 Å². The summed E-state index contributed by atoms with van der Waals surface area (Å²) in [4.78, 5) is 16.3. The van der Waals surface area contributed by atoms with Crippen LogP contribution in [0.25, 0.3) is 0 Å². The Hall–Kier alpha value is -1.47. The van der Waals surface area contributed by atoms with Crippen LogP contribution in [0.2, 0.25) is 0 Å². The fraction of sp³-hybridized carbons (Fsp3) is 0.571. The Morgan fingerprint density at radius 3 is 2.86 bits per heavy atom. The minimum absolute atomic E-state index is 0.0936. The number of hydrogen-bond donors (Lipinski definition) is 1. The van der Waals surface area contributed by atoms with Crippen LogP contribution in [-0.2, 0) is 21.4 Å². The highest BCUT2D eigenvalue weighted by atomic mass is 32.2. The number of nitrogens with one attached hydrogen (secondary N) is 1. The van der Waals surface area contributed by atoms with E-state index in [-0.39, 0.29) is 18.4 Å². The van der Waals surface area contributed by atoms with Gasteiger partial charge in [0, 0.05) is 31.5 Å². The molecule has 1 unspecified atom stereocenters. The van der Waals surface area contributed by atoms with Crippen LogP contribution >= 0.6 is 0 Å². The lowest BCUT2D eigenvalue weighted by Gasteiger charge is -2.30. The quantitative estimate of drug-likeness (QED) is 0.887. The number of rotatable bonds is 4. The van der Waals surface area contributed by atoms with E-state index < -0.39 is 10.0 Å². The van der Waals surface area contributed by atoms with E-state index in [1.54, 1.807) is 6.20 Å². The van der Waals surface area contributed by atoms with Crippen LogP contribution in [0.1, 0.15) is 24.1 Å². The minimum atomic E-state index is -3.22. The van der Waals surface area contributed by atoms with E-state index >= 15 is 0 Å². The van der Waals surface area contributed by atoms with Gasteiger partial charge in [-0.05, 0) is 31.4 Å². The molecule has 2 heterocycles. The van der Waals surface area contributed by atoms with Crippen molar-refractivity contribution in [2.45, 2.75) is 26.3 Å². The second-order valence-corrected chi connectivity index (χ2v) is 7.47. The van der Waals surface area contributed by atoms with E-state index in [0.717, 1.165) is 24.1 Å². The van der Waals surface area contributed by atoms with Crippen molar-refractivity contribution >= 4 is 15.9 Å². The number of carbonyl (C=O) groups excluding carboxylic acids is 1. The average molecular weight is 311 g/mol. The maximum absolute atomic E-state index is 12.2. The molecule has 1 amide bonds. The zero-order valence-corrected chi connectivity index (χ0v) is 13.2. The molecule has 1 atom stereocenters. The first-order valence-electron chi connectivity index (χ1n) is 7.00. The summed E-state index contributed by atoms with van der Waals surface area (Å²) in [5.74, 6) is -0.365. The lowest BCUT2D eigenvalue weighted by atomic mass is 9.99. The van der Waals surface area contributed by atoms with Gasteiger partial charge in [0.2, 0.25) is 15.9 Å². The number of hydrogen-bond acceptors (Lipinski definition) is 4. The molecule has 0 aromatic carbocycles. The van der Waals surface area contributed by atoms with Crippen molar-refractivity contribution in [1.82, 2.24) is 14.6 Å². The topological polar surface area (TPSA) is 79.4 Å². The normalized spacial score (nSPS) is 20.2. The molecule has 2 rings (SSSR count). The maximum atomic E-state index is 12.2. The summed E-state index contributed by atoms with van der Waals surface area (Å²) in [6, 6.07) is 3.82. The number of aryl methyl sites for hydroxylation is 1. The molecule has 0 spiro atoms. The molecule has 0 aliphatic carbocycles. The Balaban J connectivity index is 1.89. The Kier molecular flexibility index (Phi) is 4.95. The van der Waals surface area contributed by atoms with E-state index in [1.165, 1.54) is 10.6 Å². The largest absolute Gasteiger partial charge is 0.352 e. The van der Waals surface area contributed by atoms with Gasteiger partial charge in [-0.2, -0.15) is 0 Å². The summed E-state index contributed by atoms with van der Waals surface area (Å²) in [7, 11) is -3.22. The van der Waals surface area contributed by atoms with Crippen molar-refractivity contribution in [3.05, 3.63) is 29.6 Å². The number of sulfonamides is 1. The first-order chi connectivity index (χ1) is 9.86. The third kappa shape index (κ3) is 4.50. The maximum Gasteiger partial charge on any atom is 0.224 e. The number of carbonyl (C=O) groups is 1. The van der Waals surface area contributed by atoms with Gasteiger partial charge in [0.25, 0.3) is 0 Å². The van der Waals surface area contributed by atoms with Crippen molar-refractivity contribution in [2.75, 3.05) is 19.3 Å². The summed E-state index contributed by atoms with van der Waals surface area (Å²) < 4.78 is 24.5. The van der Waals surface area contributed by atoms with Crippen LogP contribution < -0.4 is 5.32 Å². The van der Waals surface area contributed by atoms with E-state index in [4.69, 9.17) is 0 Å². The Bertz CT molecular complexity index is 598. The first kappa shape index (κ1) is 15.9. The highest BCUT2D eigenvalue weighted by Crippen LogP contribution is 2.18. The summed E-state index contributed by atoms with van der Waals surface area (Å²) in [6.07, 6.45) is 4.37. The molecule has 0 saturated carbocycles. The van der Waals surface area contributed by atoms with Gasteiger partial charge in [-0.15, -0.1) is 0 Å². The monoisotopic (exact) mass is 311 g/mol. The molecule has 7 heteroatoms. The van der Waals surface area contributed by atoms with Gasteiger partial charge in [-0.25, -0.2) is 12.7 Å². The van der Waals surface area contributed by atoms with Crippen molar-refractivity contribution in [1.29, 1.82) is 0 Å². The molecule has 0 bridgehead atoms. The molecular formula is C14H21N3O3S. The van der Waals surface area contributed by atoms with E-state index in [9.17, 15) is 13.2 Å². The van der Waals surface area contributed by atoms with Crippen LogP contribution in [0, 0.1) is 12.8 Å². The van der Waals surface area contributed by atoms with Crippen LogP contribution in [0.4, 0.5) is 0 Å². The molecule has 1 N–H and O–H groups in total. The average Bonchev–Trinajstić information content (AvgIpc) is 2.45. The molecule has 1 aliphatic rings. The molecule has 21 heavy (non-hydrogen) atoms. The van der Waals surface area contributed by atoms with Crippen molar-refractivity contribution in [3.8, 4) is 0 Å². The van der Waals surface area contributed by atoms with Crippen LogP contribution in [0.3, 0.4) is 0 Å². The standard InChI is InChI=1S/C14H21N3O3S/c1-11-5-6-12(8-15-11)9-16-14(18)13-4-3-7-17(10-13)21(2,19)20/h5-6,8,13H,3-4,7,9-10H2,1-2H3,(H,16,18). The SMILES string of the molecule is Cc1ccc(CNC(=O)C2CCCN(S(C)(=O)=O)C2)cn1. The molecule has 1 saturated heterocycles. The highest BCUT2D eigenvalue weighted by molar-refractivity contribution is 7.88. The Labute approximate surface area is 125 Å². The summed E-state index contributed by atoms with van der Waals surface area (Å²) in [5.41, 5.74) is 1.87. The van der Waals surface area contributed by atoms with Crippen molar-refractivity contribution in [3.63, 3.8) is 0 Å². The molecule has 1 aliphatic heterocycles. The van der Waals surface area contributed by atoms with Gasteiger partial charge in [0.15, 0.2) is 0 Å². The van der Waals surface area contributed by atoms with Crippen molar-refractivity contribution < 1.29 is 13.2 Å². The summed E-state index contributed by atoms with van der Waals surface area (Å²) >= 11 is 0. The molecule has 0 radical (unpaired) electrons. The lowest BCUT2D eigenvalue weighted by molar-refractivity contribution is -0.126. The fourth-order valence-electron chi connectivity index (χ4n) is 2.39. The number of amides is 1. The second kappa shape index (κ2) is 6.53. The molecule has 1 fully saturated rings. The Morgan fingerprint density at radius 2 is 2.24 bits per heavy atom. The number of aromatic nitrogens is 1. The highest BCUT2D eigenvalue weighted by Gasteiger charge is 2.29. The number of piperidine rings is 1. The first-order valence-corrected chi connectivity index (χ1v) is 8.85. The summed E-state index contributed by atoms with van der Waals surface area (Å²) in [6.45, 7) is 3.10. The smallest absolute Gasteiger partial charge is 0.224 e. The predicted octanol–water partition coefficient (Wildman–Crippen LogP) is 0.678. The number of pyridine rings is 1. The molecular weight excluding hydrogens is 290 g/mol. The van der Waals surface area contributed by atoms with Crippen LogP contribution in [0.15, 0.2) is 18.3 Å². The second-order valence-electron chi connectivity index (χ2n) is 5.49. The fourth-order valence-corrected chi connectivity index (χ4v) is 3.31. The Morgan fingerprint density at radius 1 is 1.48 bits per heavy atom. The minimum Gasteiger partial charge on any atom is -0.352 e. The van der Waals surface area contributed by atoms with Crippen LogP contribution in [-0.4, -0.2) is 43.0 Å². The molecule has 116 valence electrons. The van der Waals surface area contributed by atoms with Gasteiger partial charge in [-0.3, -0.25) is 9.78 Å². The zero-order valence-electron chi connectivity index (χ0n) is 12.4. The number of nitrogens with zero attached hydrogens (tertiary/aromatic N) is 2. The van der Waals surface area contributed by atoms with Crippen molar-refractivity contribution in [2.24, 2.45) is 5.92 Å². The third-order valence-electron chi connectivity index (χ3n) is 3.66. The van der Waals surface area contributed by atoms with E-state index in [2.05, 4.69) is 10.3 Å². The van der Waals surface area contributed by atoms with Gasteiger partial charge in [-0.1, -0.05) is 6.07 Å². The summed E-state index contributed by atoms with van der Waals surface area (Å²) in [5, 5.41) is 2.86. The van der Waals surface area contributed by atoms with Crippen LogP contribution in [0.5, 0.6) is 0 Å². The van der Waals surface area contributed by atoms with E-state index in [0.29, 0.717) is 13.1 Å². The lowest BCUT2D eigenvalue weighted by Crippen LogP contribution is -2.44. The van der Waals surface area contributed by atoms with Gasteiger partial charge in [0.1, 0.15) is 0 Å². The molecule has 1 aromatic heterocycles. The predicted molar refractivity (Wildman–Crippen MR) is 80.0 cm³/mol. The van der Waals surface area contributed by atoms with Gasteiger partial charge >= 0.3 is 0 Å². The third-order valence-corrected chi connectivity index (χ3v) is 4.93. The van der Waals surface area contributed by atoms with Gasteiger partial charge < -0.3 is 5.32 Å². The van der Waals surface area contributed by atoms with E-state index in [1.807, 2.05) is 19.1 Å². The molecule has 1 aromatic rings. The molecule has 6 nitrogen and oxygen atoms in total.